The normalized spacial score (nSPS) is 14.6. The molecule has 0 radical (unpaired) electrons. The Labute approximate surface area is 219 Å². The molecule has 4 rings (SSSR count). The summed E-state index contributed by atoms with van der Waals surface area (Å²) in [6.07, 6.45) is 0. The molecule has 184 valence electrons. The van der Waals surface area contributed by atoms with E-state index in [9.17, 15) is 9.59 Å². The lowest BCUT2D eigenvalue weighted by molar-refractivity contribution is -0.117. The minimum Gasteiger partial charge on any atom is -0.465 e. The second-order valence-electron chi connectivity index (χ2n) is 8.56. The van der Waals surface area contributed by atoms with Crippen LogP contribution in [0.2, 0.25) is 10.0 Å². The first-order valence-corrected chi connectivity index (χ1v) is 12.9. The molecule has 0 spiro atoms. The van der Waals surface area contributed by atoms with E-state index in [1.165, 1.54) is 18.4 Å². The number of anilines is 1. The van der Waals surface area contributed by atoms with Crippen molar-refractivity contribution >= 4 is 51.4 Å². The zero-order valence-corrected chi connectivity index (χ0v) is 22.0. The maximum absolute atomic E-state index is 12.8. The van der Waals surface area contributed by atoms with Crippen LogP contribution in [0.15, 0.2) is 47.8 Å². The van der Waals surface area contributed by atoms with Crippen molar-refractivity contribution in [3.63, 3.8) is 0 Å². The Morgan fingerprint density at radius 1 is 1.00 bits per heavy atom. The first-order valence-electron chi connectivity index (χ1n) is 11.3. The van der Waals surface area contributed by atoms with Crippen LogP contribution in [0.5, 0.6) is 0 Å². The standard InChI is InChI=1S/C26H27Cl2N3O3S/c1-17-3-6-19(7-4-17)20-16-35-25(24(20)26(33)34-2)29-23(32)15-31-11-9-30(10-12-31)14-18-5-8-21(27)22(28)13-18/h3-8,13,16H,9-12,14-15H2,1-2H3,(H,29,32). The Morgan fingerprint density at radius 2 is 1.69 bits per heavy atom. The number of halogens is 2. The van der Waals surface area contributed by atoms with E-state index in [2.05, 4.69) is 15.1 Å². The lowest BCUT2D eigenvalue weighted by atomic mass is 10.0. The molecule has 1 N–H and O–H groups in total. The largest absolute Gasteiger partial charge is 0.465 e. The van der Waals surface area contributed by atoms with Crippen LogP contribution in [-0.4, -0.2) is 61.5 Å². The molecule has 1 saturated heterocycles. The van der Waals surface area contributed by atoms with E-state index >= 15 is 0 Å². The third-order valence-corrected chi connectivity index (χ3v) is 7.65. The molecule has 2 aromatic carbocycles. The van der Waals surface area contributed by atoms with Gasteiger partial charge >= 0.3 is 5.97 Å². The third-order valence-electron chi connectivity index (χ3n) is 6.02. The number of thiophene rings is 1. The molecule has 0 bridgehead atoms. The molecule has 1 fully saturated rings. The molecule has 6 nitrogen and oxygen atoms in total. The highest BCUT2D eigenvalue weighted by Crippen LogP contribution is 2.36. The predicted octanol–water partition coefficient (Wildman–Crippen LogP) is 5.57. The monoisotopic (exact) mass is 531 g/mol. The van der Waals surface area contributed by atoms with E-state index in [-0.39, 0.29) is 12.5 Å². The zero-order valence-electron chi connectivity index (χ0n) is 19.6. The highest BCUT2D eigenvalue weighted by molar-refractivity contribution is 7.15. The van der Waals surface area contributed by atoms with Crippen molar-refractivity contribution in [3.8, 4) is 11.1 Å². The third kappa shape index (κ3) is 6.42. The minimum absolute atomic E-state index is 0.148. The summed E-state index contributed by atoms with van der Waals surface area (Å²) in [7, 11) is 1.35. The number of carbonyl (C=O) groups is 2. The lowest BCUT2D eigenvalue weighted by Crippen LogP contribution is -2.48. The molecular formula is C26H27Cl2N3O3S. The van der Waals surface area contributed by atoms with Crippen molar-refractivity contribution in [1.82, 2.24) is 9.80 Å². The Hall–Kier alpha value is -2.42. The van der Waals surface area contributed by atoms with Gasteiger partial charge in [-0.3, -0.25) is 14.6 Å². The number of nitrogens with zero attached hydrogens (tertiary/aromatic N) is 2. The van der Waals surface area contributed by atoms with Crippen LogP contribution in [0.25, 0.3) is 11.1 Å². The van der Waals surface area contributed by atoms with Crippen LogP contribution in [0.4, 0.5) is 5.00 Å². The number of ether oxygens (including phenoxy) is 1. The van der Waals surface area contributed by atoms with E-state index < -0.39 is 5.97 Å². The van der Waals surface area contributed by atoms with E-state index in [0.717, 1.165) is 55.0 Å². The maximum Gasteiger partial charge on any atom is 0.341 e. The molecule has 9 heteroatoms. The van der Waals surface area contributed by atoms with Gasteiger partial charge in [0.1, 0.15) is 10.6 Å². The Bertz CT molecular complexity index is 1210. The quantitative estimate of drug-likeness (QED) is 0.403. The van der Waals surface area contributed by atoms with Gasteiger partial charge in [0, 0.05) is 43.7 Å². The molecule has 35 heavy (non-hydrogen) atoms. The van der Waals surface area contributed by atoms with E-state index in [1.54, 1.807) is 0 Å². The van der Waals surface area contributed by atoms with Crippen LogP contribution in [0.3, 0.4) is 0 Å². The molecule has 2 heterocycles. The predicted molar refractivity (Wildman–Crippen MR) is 143 cm³/mol. The van der Waals surface area contributed by atoms with Crippen LogP contribution < -0.4 is 5.32 Å². The lowest BCUT2D eigenvalue weighted by Gasteiger charge is -2.34. The number of hydrogen-bond acceptors (Lipinski definition) is 6. The Balaban J connectivity index is 1.35. The minimum atomic E-state index is -0.465. The average Bonchev–Trinajstić information content (AvgIpc) is 3.26. The summed E-state index contributed by atoms with van der Waals surface area (Å²) in [5.41, 5.74) is 4.30. The van der Waals surface area contributed by atoms with Crippen LogP contribution in [0.1, 0.15) is 21.5 Å². The van der Waals surface area contributed by atoms with Gasteiger partial charge in [-0.25, -0.2) is 4.79 Å². The van der Waals surface area contributed by atoms with Gasteiger partial charge in [0.25, 0.3) is 0 Å². The molecule has 1 amide bonds. The van der Waals surface area contributed by atoms with Crippen LogP contribution >= 0.6 is 34.5 Å². The highest BCUT2D eigenvalue weighted by Gasteiger charge is 2.24. The number of nitrogens with one attached hydrogen (secondary N) is 1. The van der Waals surface area contributed by atoms with Gasteiger partial charge in [-0.1, -0.05) is 59.1 Å². The van der Waals surface area contributed by atoms with Gasteiger partial charge in [-0.15, -0.1) is 11.3 Å². The van der Waals surface area contributed by atoms with Gasteiger partial charge in [0.05, 0.1) is 23.7 Å². The molecule has 0 aliphatic carbocycles. The van der Waals surface area contributed by atoms with Crippen molar-refractivity contribution < 1.29 is 14.3 Å². The SMILES string of the molecule is COC(=O)c1c(-c2ccc(C)cc2)csc1NC(=O)CN1CCN(Cc2ccc(Cl)c(Cl)c2)CC1. The fourth-order valence-corrected chi connectivity index (χ4v) is 5.37. The number of rotatable bonds is 7. The van der Waals surface area contributed by atoms with Crippen molar-refractivity contribution in [3.05, 3.63) is 74.6 Å². The summed E-state index contributed by atoms with van der Waals surface area (Å²) in [4.78, 5) is 29.8. The summed E-state index contributed by atoms with van der Waals surface area (Å²) in [6, 6.07) is 13.6. The average molecular weight is 532 g/mol. The van der Waals surface area contributed by atoms with Crippen molar-refractivity contribution in [2.45, 2.75) is 13.5 Å². The van der Waals surface area contributed by atoms with Crippen LogP contribution in [-0.2, 0) is 16.1 Å². The molecule has 1 aliphatic heterocycles. The van der Waals surface area contributed by atoms with Gasteiger partial charge in [-0.05, 0) is 30.2 Å². The summed E-state index contributed by atoms with van der Waals surface area (Å²) in [5, 5.41) is 6.44. The molecular weight excluding hydrogens is 505 g/mol. The number of carbonyl (C=O) groups excluding carboxylic acids is 2. The van der Waals surface area contributed by atoms with Crippen LogP contribution in [0, 0.1) is 6.92 Å². The van der Waals surface area contributed by atoms with E-state index in [0.29, 0.717) is 20.6 Å². The molecule has 0 saturated carbocycles. The Morgan fingerprint density at radius 3 is 2.34 bits per heavy atom. The smallest absolute Gasteiger partial charge is 0.341 e. The number of piperazine rings is 1. The molecule has 0 atom stereocenters. The second kappa shape index (κ2) is 11.5. The van der Waals surface area contributed by atoms with Gasteiger partial charge in [0.15, 0.2) is 0 Å². The molecule has 1 aromatic heterocycles. The Kier molecular flexibility index (Phi) is 8.46. The fourth-order valence-electron chi connectivity index (χ4n) is 4.07. The number of benzene rings is 2. The number of hydrogen-bond donors (Lipinski definition) is 1. The van der Waals surface area contributed by atoms with Crippen molar-refractivity contribution in [2.75, 3.05) is 45.2 Å². The topological polar surface area (TPSA) is 61.9 Å². The number of aryl methyl sites for hydroxylation is 1. The van der Waals surface area contributed by atoms with Crippen molar-refractivity contribution in [1.29, 1.82) is 0 Å². The zero-order chi connectivity index (χ0) is 24.9. The number of esters is 1. The van der Waals surface area contributed by atoms with Gasteiger partial charge in [-0.2, -0.15) is 0 Å². The summed E-state index contributed by atoms with van der Waals surface area (Å²) in [5.74, 6) is -0.613. The highest BCUT2D eigenvalue weighted by atomic mass is 35.5. The van der Waals surface area contributed by atoms with Gasteiger partial charge < -0.3 is 10.1 Å². The molecule has 0 unspecified atom stereocenters. The summed E-state index contributed by atoms with van der Waals surface area (Å²) in [6.45, 7) is 6.30. The van der Waals surface area contributed by atoms with Gasteiger partial charge in [0.2, 0.25) is 5.91 Å². The van der Waals surface area contributed by atoms with E-state index in [4.69, 9.17) is 27.9 Å². The fraction of sp³-hybridized carbons (Fsp3) is 0.308. The molecule has 3 aromatic rings. The van der Waals surface area contributed by atoms with Crippen molar-refractivity contribution in [2.24, 2.45) is 0 Å². The first kappa shape index (κ1) is 25.7. The number of amides is 1. The van der Waals surface area contributed by atoms with E-state index in [1.807, 2.05) is 54.8 Å². The summed E-state index contributed by atoms with van der Waals surface area (Å²) < 4.78 is 5.01. The molecule has 1 aliphatic rings. The summed E-state index contributed by atoms with van der Waals surface area (Å²) >= 11 is 13.5. The first-order chi connectivity index (χ1) is 16.8. The second-order valence-corrected chi connectivity index (χ2v) is 10.3. The number of methoxy groups -OCH3 is 1. The maximum atomic E-state index is 12.8.